The highest BCUT2D eigenvalue weighted by Gasteiger charge is 2.02. The lowest BCUT2D eigenvalue weighted by Gasteiger charge is -2.04. The highest BCUT2D eigenvalue weighted by Crippen LogP contribution is 2.15. The van der Waals surface area contributed by atoms with Gasteiger partial charge in [0.25, 0.3) is 6.33 Å². The van der Waals surface area contributed by atoms with Crippen molar-refractivity contribution < 1.29 is 4.73 Å². The summed E-state index contributed by atoms with van der Waals surface area (Å²) in [5, 5.41) is 11.8. The largest absolute Gasteiger partial charge is 0.710 e. The molecule has 0 spiro atoms. The van der Waals surface area contributed by atoms with Crippen molar-refractivity contribution in [2.75, 3.05) is 5.73 Å². The number of hydrogen-bond acceptors (Lipinski definition) is 3. The van der Waals surface area contributed by atoms with Gasteiger partial charge < -0.3 is 10.9 Å². The van der Waals surface area contributed by atoms with Gasteiger partial charge in [0, 0.05) is 5.69 Å². The molecule has 0 saturated heterocycles. The Balaban J connectivity index is 2.94. The third-order valence-electron chi connectivity index (χ3n) is 1.73. The summed E-state index contributed by atoms with van der Waals surface area (Å²) in [5.41, 5.74) is 6.75. The number of benzene rings is 1. The Morgan fingerprint density at radius 3 is 3.00 bits per heavy atom. The number of anilines is 1. The van der Waals surface area contributed by atoms with Gasteiger partial charge in [-0.1, -0.05) is 11.1 Å². The second-order valence-electron chi connectivity index (χ2n) is 2.50. The van der Waals surface area contributed by atoms with E-state index in [4.69, 9.17) is 5.73 Å². The molecule has 2 aromatic rings. The average Bonchev–Trinajstić information content (AvgIpc) is 2.07. The van der Waals surface area contributed by atoms with E-state index < -0.39 is 0 Å². The molecule has 0 atom stereocenters. The highest BCUT2D eigenvalue weighted by atomic mass is 16.5. The predicted molar refractivity (Wildman–Crippen MR) is 45.1 cm³/mol. The van der Waals surface area contributed by atoms with E-state index >= 15 is 0 Å². The van der Waals surface area contributed by atoms with Crippen LogP contribution in [0.2, 0.25) is 0 Å². The Kier molecular flexibility index (Phi) is 1.33. The molecule has 0 aliphatic carbocycles. The predicted octanol–water partition coefficient (Wildman–Crippen LogP) is 0.450. The van der Waals surface area contributed by atoms with E-state index in [1.54, 1.807) is 24.4 Å². The first-order valence-corrected chi connectivity index (χ1v) is 3.50. The van der Waals surface area contributed by atoms with Crippen molar-refractivity contribution in [2.24, 2.45) is 0 Å². The molecule has 12 heavy (non-hydrogen) atoms. The Morgan fingerprint density at radius 1 is 1.42 bits per heavy atom. The van der Waals surface area contributed by atoms with Crippen molar-refractivity contribution in [3.05, 3.63) is 35.9 Å². The lowest BCUT2D eigenvalue weighted by atomic mass is 10.2. The van der Waals surface area contributed by atoms with Crippen molar-refractivity contribution in [1.82, 2.24) is 4.98 Å². The molecule has 0 saturated carbocycles. The molecule has 0 bridgehead atoms. The molecule has 1 heterocycles. The van der Waals surface area contributed by atoms with Gasteiger partial charge in [0.1, 0.15) is 5.52 Å². The van der Waals surface area contributed by atoms with Gasteiger partial charge in [-0.15, -0.1) is 0 Å². The van der Waals surface area contributed by atoms with Gasteiger partial charge in [0.2, 0.25) is 0 Å². The van der Waals surface area contributed by atoms with Crippen LogP contribution in [0.3, 0.4) is 0 Å². The van der Waals surface area contributed by atoms with E-state index in [-0.39, 0.29) is 0 Å². The van der Waals surface area contributed by atoms with E-state index in [1.165, 1.54) is 6.33 Å². The summed E-state index contributed by atoms with van der Waals surface area (Å²) in [4.78, 5) is 3.74. The molecule has 0 unspecified atom stereocenters. The smallest absolute Gasteiger partial charge is 0.289 e. The zero-order valence-corrected chi connectivity index (χ0v) is 6.27. The van der Waals surface area contributed by atoms with Crippen LogP contribution >= 0.6 is 0 Å². The zero-order chi connectivity index (χ0) is 8.55. The number of nitrogen functional groups attached to an aromatic ring is 1. The van der Waals surface area contributed by atoms with Gasteiger partial charge in [0.15, 0.2) is 6.20 Å². The molecule has 0 fully saturated rings. The first kappa shape index (κ1) is 6.84. The molecular weight excluding hydrogens is 154 g/mol. The fourth-order valence-corrected chi connectivity index (χ4v) is 1.13. The van der Waals surface area contributed by atoms with E-state index in [0.717, 1.165) is 0 Å². The lowest BCUT2D eigenvalue weighted by molar-refractivity contribution is -0.580. The summed E-state index contributed by atoms with van der Waals surface area (Å²) < 4.78 is 0.700. The molecule has 2 N–H and O–H groups in total. The molecule has 1 aromatic carbocycles. The summed E-state index contributed by atoms with van der Waals surface area (Å²) in [5.74, 6) is 0. The maximum atomic E-state index is 11.1. The molecule has 0 amide bonds. The summed E-state index contributed by atoms with van der Waals surface area (Å²) in [6.07, 6.45) is 2.79. The van der Waals surface area contributed by atoms with E-state index in [2.05, 4.69) is 4.98 Å². The normalized spacial score (nSPS) is 10.3. The van der Waals surface area contributed by atoms with Gasteiger partial charge in [0.05, 0.1) is 5.39 Å². The number of hydrogen-bond donors (Lipinski definition) is 1. The van der Waals surface area contributed by atoms with Gasteiger partial charge in [-0.05, 0) is 12.1 Å². The third-order valence-corrected chi connectivity index (χ3v) is 1.73. The quantitative estimate of drug-likeness (QED) is 0.346. The molecular formula is C8H7N3O. The Bertz CT molecular complexity index is 386. The topological polar surface area (TPSA) is 65.8 Å². The molecule has 4 heteroatoms. The number of nitrogens with zero attached hydrogens (tertiary/aromatic N) is 2. The first-order valence-electron chi connectivity index (χ1n) is 3.50. The molecule has 0 radical (unpaired) electrons. The maximum absolute atomic E-state index is 11.1. The highest BCUT2D eigenvalue weighted by molar-refractivity contribution is 5.87. The second-order valence-corrected chi connectivity index (χ2v) is 2.50. The van der Waals surface area contributed by atoms with Gasteiger partial charge >= 0.3 is 0 Å². The van der Waals surface area contributed by atoms with E-state index in [1.807, 2.05) is 0 Å². The van der Waals surface area contributed by atoms with Crippen LogP contribution in [0.1, 0.15) is 0 Å². The molecule has 4 nitrogen and oxygen atoms in total. The van der Waals surface area contributed by atoms with Crippen LogP contribution in [-0.4, -0.2) is 4.98 Å². The van der Waals surface area contributed by atoms with Crippen LogP contribution in [0.4, 0.5) is 5.69 Å². The average molecular weight is 161 g/mol. The van der Waals surface area contributed by atoms with Crippen molar-refractivity contribution in [3.63, 3.8) is 0 Å². The van der Waals surface area contributed by atoms with E-state index in [9.17, 15) is 5.21 Å². The summed E-state index contributed by atoms with van der Waals surface area (Å²) in [7, 11) is 0. The monoisotopic (exact) mass is 161 g/mol. The summed E-state index contributed by atoms with van der Waals surface area (Å²) in [6.45, 7) is 0. The molecule has 0 aliphatic rings. The number of fused-ring (bicyclic) bond motifs is 1. The van der Waals surface area contributed by atoms with Crippen molar-refractivity contribution in [3.8, 4) is 0 Å². The number of rotatable bonds is 0. The molecule has 2 rings (SSSR count). The first-order chi connectivity index (χ1) is 5.79. The van der Waals surface area contributed by atoms with Crippen LogP contribution in [0.15, 0.2) is 30.7 Å². The summed E-state index contributed by atoms with van der Waals surface area (Å²) >= 11 is 0. The van der Waals surface area contributed by atoms with Gasteiger partial charge in [-0.2, -0.15) is 0 Å². The van der Waals surface area contributed by atoms with E-state index in [0.29, 0.717) is 21.3 Å². The Labute approximate surface area is 68.9 Å². The number of nitrogens with two attached hydrogens (primary N) is 1. The van der Waals surface area contributed by atoms with Crippen molar-refractivity contribution >= 4 is 16.6 Å². The zero-order valence-electron chi connectivity index (χ0n) is 6.27. The molecule has 60 valence electrons. The SMILES string of the molecule is Nc1cccc2c1cnc[n+]2[O-]. The molecule has 0 aliphatic heterocycles. The minimum atomic E-state index is 0.546. The number of aromatic nitrogens is 2. The maximum Gasteiger partial charge on any atom is 0.289 e. The Morgan fingerprint density at radius 2 is 2.25 bits per heavy atom. The minimum Gasteiger partial charge on any atom is -0.710 e. The Hall–Kier alpha value is -1.84. The van der Waals surface area contributed by atoms with Crippen LogP contribution in [0.5, 0.6) is 0 Å². The summed E-state index contributed by atoms with van der Waals surface area (Å²) in [6, 6.07) is 5.19. The molecule has 1 aromatic heterocycles. The van der Waals surface area contributed by atoms with Crippen LogP contribution in [0.25, 0.3) is 10.9 Å². The fraction of sp³-hybridized carbons (Fsp3) is 0. The van der Waals surface area contributed by atoms with Crippen LogP contribution < -0.4 is 10.5 Å². The third kappa shape index (κ3) is 0.852. The van der Waals surface area contributed by atoms with Gasteiger partial charge in [-0.25, -0.2) is 4.73 Å². The fourth-order valence-electron chi connectivity index (χ4n) is 1.13. The van der Waals surface area contributed by atoms with Crippen LogP contribution in [0, 0.1) is 5.21 Å². The van der Waals surface area contributed by atoms with Crippen LogP contribution in [-0.2, 0) is 0 Å². The van der Waals surface area contributed by atoms with Crippen molar-refractivity contribution in [2.45, 2.75) is 0 Å². The standard InChI is InChI=1S/C8H7N3O/c9-7-2-1-3-8-6(7)4-10-5-11(8)12/h1-5H,9H2. The minimum absolute atomic E-state index is 0.546. The second kappa shape index (κ2) is 2.34. The lowest BCUT2D eigenvalue weighted by Crippen LogP contribution is -2.26. The van der Waals surface area contributed by atoms with Gasteiger partial charge in [-0.3, -0.25) is 0 Å². The van der Waals surface area contributed by atoms with Crippen molar-refractivity contribution in [1.29, 1.82) is 0 Å².